The Morgan fingerprint density at radius 3 is 2.64 bits per heavy atom. The Labute approximate surface area is 80.6 Å². The lowest BCUT2D eigenvalue weighted by molar-refractivity contribution is 0.648. The van der Waals surface area contributed by atoms with Crippen molar-refractivity contribution in [1.82, 2.24) is 20.2 Å². The van der Waals surface area contributed by atoms with Crippen molar-refractivity contribution in [1.29, 1.82) is 5.26 Å². The first kappa shape index (κ1) is 8.38. The molecule has 5 nitrogen and oxygen atoms in total. The van der Waals surface area contributed by atoms with Gasteiger partial charge in [-0.15, -0.1) is 5.10 Å². The third kappa shape index (κ3) is 1.75. The predicted octanol–water partition coefficient (Wildman–Crippen LogP) is 0.593. The minimum atomic E-state index is 0.624. The molecule has 1 aromatic heterocycles. The summed E-state index contributed by atoms with van der Waals surface area (Å²) in [6, 6.07) is 9.40. The van der Waals surface area contributed by atoms with Crippen LogP contribution in [0.4, 0.5) is 0 Å². The van der Waals surface area contributed by atoms with Crippen molar-refractivity contribution in [3.8, 4) is 6.07 Å². The minimum Gasteiger partial charge on any atom is -0.228 e. The van der Waals surface area contributed by atoms with E-state index in [4.69, 9.17) is 5.26 Å². The summed E-state index contributed by atoms with van der Waals surface area (Å²) in [5.41, 5.74) is 1.72. The first-order valence-corrected chi connectivity index (χ1v) is 4.08. The van der Waals surface area contributed by atoms with Gasteiger partial charge in [0.25, 0.3) is 0 Å². The molecular formula is C9H7N5. The molecule has 0 bridgehead atoms. The van der Waals surface area contributed by atoms with E-state index in [1.807, 2.05) is 12.1 Å². The quantitative estimate of drug-likeness (QED) is 0.686. The van der Waals surface area contributed by atoms with E-state index in [0.717, 1.165) is 5.56 Å². The third-order valence-electron chi connectivity index (χ3n) is 1.82. The molecule has 0 saturated heterocycles. The van der Waals surface area contributed by atoms with Crippen LogP contribution < -0.4 is 0 Å². The molecule has 0 spiro atoms. The maximum Gasteiger partial charge on any atom is 0.138 e. The van der Waals surface area contributed by atoms with Crippen molar-refractivity contribution in [2.24, 2.45) is 0 Å². The summed E-state index contributed by atoms with van der Waals surface area (Å²) < 4.78 is 1.63. The Morgan fingerprint density at radius 1 is 1.29 bits per heavy atom. The van der Waals surface area contributed by atoms with Crippen LogP contribution in [-0.2, 0) is 6.54 Å². The predicted molar refractivity (Wildman–Crippen MR) is 48.1 cm³/mol. The van der Waals surface area contributed by atoms with Gasteiger partial charge in [0.15, 0.2) is 0 Å². The van der Waals surface area contributed by atoms with Crippen LogP contribution in [0.15, 0.2) is 30.6 Å². The van der Waals surface area contributed by atoms with E-state index < -0.39 is 0 Å². The van der Waals surface area contributed by atoms with Crippen LogP contribution in [-0.4, -0.2) is 20.2 Å². The van der Waals surface area contributed by atoms with E-state index in [2.05, 4.69) is 21.6 Å². The standard InChI is InChI=1S/C9H7N5/c10-5-8-1-3-9(4-2-8)6-14-7-11-12-13-14/h1-4,7H,6H2. The monoisotopic (exact) mass is 185 g/mol. The first-order valence-electron chi connectivity index (χ1n) is 4.08. The summed E-state index contributed by atoms with van der Waals surface area (Å²) in [5, 5.41) is 19.4. The first-order chi connectivity index (χ1) is 6.88. The second kappa shape index (κ2) is 3.66. The van der Waals surface area contributed by atoms with E-state index in [9.17, 15) is 0 Å². The van der Waals surface area contributed by atoms with Crippen molar-refractivity contribution in [2.45, 2.75) is 6.54 Å². The number of tetrazole rings is 1. The summed E-state index contributed by atoms with van der Waals surface area (Å²) in [6.45, 7) is 0.624. The smallest absolute Gasteiger partial charge is 0.138 e. The lowest BCUT2D eigenvalue weighted by Crippen LogP contribution is -2.00. The molecule has 0 saturated carbocycles. The number of nitriles is 1. The van der Waals surface area contributed by atoms with E-state index in [1.165, 1.54) is 0 Å². The molecule has 0 atom stereocenters. The molecule has 1 heterocycles. The lowest BCUT2D eigenvalue weighted by Gasteiger charge is -1.99. The Balaban J connectivity index is 2.15. The number of hydrogen-bond acceptors (Lipinski definition) is 4. The molecule has 1 aromatic carbocycles. The average molecular weight is 185 g/mol. The summed E-state index contributed by atoms with van der Waals surface area (Å²) in [5.74, 6) is 0. The molecule has 68 valence electrons. The van der Waals surface area contributed by atoms with Gasteiger partial charge < -0.3 is 0 Å². The highest BCUT2D eigenvalue weighted by atomic mass is 15.5. The average Bonchev–Trinajstić information content (AvgIpc) is 2.72. The molecule has 0 amide bonds. The van der Waals surface area contributed by atoms with Gasteiger partial charge in [0, 0.05) is 0 Å². The fourth-order valence-corrected chi connectivity index (χ4v) is 1.12. The highest BCUT2D eigenvalue weighted by Gasteiger charge is 1.96. The van der Waals surface area contributed by atoms with Gasteiger partial charge in [0.2, 0.25) is 0 Å². The van der Waals surface area contributed by atoms with Gasteiger partial charge in [0.1, 0.15) is 6.33 Å². The largest absolute Gasteiger partial charge is 0.228 e. The minimum absolute atomic E-state index is 0.624. The van der Waals surface area contributed by atoms with Crippen molar-refractivity contribution in [3.63, 3.8) is 0 Å². The zero-order valence-electron chi connectivity index (χ0n) is 7.33. The highest BCUT2D eigenvalue weighted by molar-refractivity contribution is 5.31. The molecule has 0 aliphatic heterocycles. The van der Waals surface area contributed by atoms with Crippen LogP contribution >= 0.6 is 0 Å². The summed E-state index contributed by atoms with van der Waals surface area (Å²) in [7, 11) is 0. The number of hydrogen-bond donors (Lipinski definition) is 0. The van der Waals surface area contributed by atoms with Crippen molar-refractivity contribution in [3.05, 3.63) is 41.7 Å². The number of benzene rings is 1. The Bertz CT molecular complexity index is 437. The van der Waals surface area contributed by atoms with Crippen LogP contribution in [0.5, 0.6) is 0 Å². The number of nitrogens with zero attached hydrogens (tertiary/aromatic N) is 5. The van der Waals surface area contributed by atoms with Crippen LogP contribution in [0.2, 0.25) is 0 Å². The van der Waals surface area contributed by atoms with Crippen LogP contribution in [0.3, 0.4) is 0 Å². The van der Waals surface area contributed by atoms with E-state index in [1.54, 1.807) is 23.1 Å². The lowest BCUT2D eigenvalue weighted by atomic mass is 10.1. The van der Waals surface area contributed by atoms with E-state index in [0.29, 0.717) is 12.1 Å². The molecule has 0 unspecified atom stereocenters. The molecule has 0 N–H and O–H groups in total. The van der Waals surface area contributed by atoms with Gasteiger partial charge in [0.05, 0.1) is 18.2 Å². The van der Waals surface area contributed by atoms with Gasteiger partial charge in [-0.05, 0) is 28.1 Å². The van der Waals surface area contributed by atoms with Gasteiger partial charge >= 0.3 is 0 Å². The van der Waals surface area contributed by atoms with Crippen molar-refractivity contribution >= 4 is 0 Å². The van der Waals surface area contributed by atoms with Crippen molar-refractivity contribution < 1.29 is 0 Å². The molecule has 2 aromatic rings. The zero-order chi connectivity index (χ0) is 9.80. The zero-order valence-corrected chi connectivity index (χ0v) is 7.33. The molecule has 14 heavy (non-hydrogen) atoms. The van der Waals surface area contributed by atoms with E-state index >= 15 is 0 Å². The van der Waals surface area contributed by atoms with Crippen LogP contribution in [0.1, 0.15) is 11.1 Å². The SMILES string of the molecule is N#Cc1ccc(Cn2cnnn2)cc1. The van der Waals surface area contributed by atoms with Crippen LogP contribution in [0, 0.1) is 11.3 Å². The fraction of sp³-hybridized carbons (Fsp3) is 0.111. The maximum absolute atomic E-state index is 8.60. The number of aromatic nitrogens is 4. The Morgan fingerprint density at radius 2 is 2.07 bits per heavy atom. The third-order valence-corrected chi connectivity index (χ3v) is 1.82. The summed E-state index contributed by atoms with van der Waals surface area (Å²) in [6.07, 6.45) is 1.55. The molecule has 5 heteroatoms. The molecule has 0 aliphatic carbocycles. The van der Waals surface area contributed by atoms with Gasteiger partial charge in [-0.2, -0.15) is 5.26 Å². The normalized spacial score (nSPS) is 9.64. The highest BCUT2D eigenvalue weighted by Crippen LogP contribution is 2.04. The molecule has 0 radical (unpaired) electrons. The van der Waals surface area contributed by atoms with Crippen molar-refractivity contribution in [2.75, 3.05) is 0 Å². The van der Waals surface area contributed by atoms with Crippen LogP contribution in [0.25, 0.3) is 0 Å². The van der Waals surface area contributed by atoms with Gasteiger partial charge in [-0.1, -0.05) is 12.1 Å². The maximum atomic E-state index is 8.60. The van der Waals surface area contributed by atoms with Gasteiger partial charge in [-0.3, -0.25) is 0 Å². The summed E-state index contributed by atoms with van der Waals surface area (Å²) >= 11 is 0. The van der Waals surface area contributed by atoms with E-state index in [-0.39, 0.29) is 0 Å². The molecule has 0 fully saturated rings. The topological polar surface area (TPSA) is 67.4 Å². The second-order valence-electron chi connectivity index (χ2n) is 2.82. The Kier molecular flexibility index (Phi) is 2.19. The fourth-order valence-electron chi connectivity index (χ4n) is 1.12. The molecule has 0 aliphatic rings. The molecule has 2 rings (SSSR count). The summed E-state index contributed by atoms with van der Waals surface area (Å²) in [4.78, 5) is 0. The number of rotatable bonds is 2. The Hall–Kier alpha value is -2.22. The second-order valence-corrected chi connectivity index (χ2v) is 2.82. The van der Waals surface area contributed by atoms with Gasteiger partial charge in [-0.25, -0.2) is 4.68 Å². The molecular weight excluding hydrogens is 178 g/mol.